The number of nitrogens with zero attached hydrogens (tertiary/aromatic N) is 1. The summed E-state index contributed by atoms with van der Waals surface area (Å²) in [7, 11) is 0. The fourth-order valence-electron chi connectivity index (χ4n) is 2.78. The maximum Gasteiger partial charge on any atom is 0.312 e. The van der Waals surface area contributed by atoms with E-state index in [1.165, 1.54) is 19.3 Å². The Morgan fingerprint density at radius 1 is 1.50 bits per heavy atom. The largest absolute Gasteiger partial charge is 0.481 e. The van der Waals surface area contributed by atoms with Crippen molar-refractivity contribution in [3.8, 4) is 0 Å². The summed E-state index contributed by atoms with van der Waals surface area (Å²) in [5.74, 6) is -0.359. The molecule has 2 atom stereocenters. The van der Waals surface area contributed by atoms with Gasteiger partial charge in [0.2, 0.25) is 0 Å². The first-order valence-electron chi connectivity index (χ1n) is 6.64. The Morgan fingerprint density at radius 3 is 2.89 bits per heavy atom. The number of aromatic nitrogens is 1. The Morgan fingerprint density at radius 2 is 2.28 bits per heavy atom. The molecule has 2 N–H and O–H groups in total. The summed E-state index contributed by atoms with van der Waals surface area (Å²) in [6.07, 6.45) is 5.52. The molecule has 2 aliphatic carbocycles. The van der Waals surface area contributed by atoms with Crippen molar-refractivity contribution in [1.29, 1.82) is 0 Å². The number of aliphatic carboxylic acids is 1. The SMILES string of the molecule is CC(Nc1nc2c(s1)CCC2C(=O)O)C1CCC1. The molecule has 0 spiro atoms. The fraction of sp³-hybridized carbons (Fsp3) is 0.692. The molecule has 0 aliphatic heterocycles. The summed E-state index contributed by atoms with van der Waals surface area (Å²) >= 11 is 1.64. The predicted octanol–water partition coefficient (Wildman–Crippen LogP) is 2.86. The molecular formula is C13H18N2O2S. The van der Waals surface area contributed by atoms with Crippen molar-refractivity contribution in [2.45, 2.75) is 51.0 Å². The third kappa shape index (κ3) is 2.00. The van der Waals surface area contributed by atoms with E-state index in [0.717, 1.165) is 28.0 Å². The Kier molecular flexibility index (Phi) is 3.01. The van der Waals surface area contributed by atoms with E-state index in [0.29, 0.717) is 12.5 Å². The van der Waals surface area contributed by atoms with Crippen LogP contribution in [-0.2, 0) is 11.2 Å². The number of rotatable bonds is 4. The zero-order valence-electron chi connectivity index (χ0n) is 10.5. The van der Waals surface area contributed by atoms with Gasteiger partial charge in [0.25, 0.3) is 0 Å². The lowest BCUT2D eigenvalue weighted by atomic mass is 9.80. The Hall–Kier alpha value is -1.10. The summed E-state index contributed by atoms with van der Waals surface area (Å²) < 4.78 is 0. The van der Waals surface area contributed by atoms with Gasteiger partial charge in [0.15, 0.2) is 5.13 Å². The van der Waals surface area contributed by atoms with Crippen LogP contribution in [0.3, 0.4) is 0 Å². The maximum absolute atomic E-state index is 11.1. The lowest BCUT2D eigenvalue weighted by Gasteiger charge is -2.31. The number of carboxylic acids is 1. The Bertz CT molecular complexity index is 468. The van der Waals surface area contributed by atoms with Crippen molar-refractivity contribution in [3.63, 3.8) is 0 Å². The molecule has 0 bridgehead atoms. The van der Waals surface area contributed by atoms with E-state index < -0.39 is 5.97 Å². The van der Waals surface area contributed by atoms with E-state index in [1.807, 2.05) is 0 Å². The summed E-state index contributed by atoms with van der Waals surface area (Å²) in [4.78, 5) is 16.8. The standard InChI is InChI=1S/C13H18N2O2S/c1-7(8-3-2-4-8)14-13-15-11-9(12(16)17)5-6-10(11)18-13/h7-9H,2-6H2,1H3,(H,14,15)(H,16,17). The van der Waals surface area contributed by atoms with Crippen LogP contribution in [-0.4, -0.2) is 22.1 Å². The molecule has 1 aromatic heterocycles. The Labute approximate surface area is 110 Å². The van der Waals surface area contributed by atoms with E-state index in [9.17, 15) is 4.79 Å². The van der Waals surface area contributed by atoms with Gasteiger partial charge in [-0.25, -0.2) is 4.98 Å². The predicted molar refractivity (Wildman–Crippen MR) is 71.2 cm³/mol. The van der Waals surface area contributed by atoms with Gasteiger partial charge in [-0.1, -0.05) is 6.42 Å². The fourth-order valence-corrected chi connectivity index (χ4v) is 3.92. The summed E-state index contributed by atoms with van der Waals surface area (Å²) in [6, 6.07) is 0.452. The molecule has 3 rings (SSSR count). The number of nitrogens with one attached hydrogen (secondary N) is 1. The van der Waals surface area contributed by atoms with Gasteiger partial charge in [0, 0.05) is 10.9 Å². The molecule has 1 fully saturated rings. The zero-order chi connectivity index (χ0) is 12.7. The summed E-state index contributed by atoms with van der Waals surface area (Å²) in [5.41, 5.74) is 0.802. The van der Waals surface area contributed by atoms with Gasteiger partial charge in [-0.15, -0.1) is 11.3 Å². The van der Waals surface area contributed by atoms with Crippen molar-refractivity contribution in [3.05, 3.63) is 10.6 Å². The maximum atomic E-state index is 11.1. The monoisotopic (exact) mass is 266 g/mol. The minimum Gasteiger partial charge on any atom is -0.481 e. The van der Waals surface area contributed by atoms with Crippen molar-refractivity contribution in [2.75, 3.05) is 5.32 Å². The van der Waals surface area contributed by atoms with Crippen molar-refractivity contribution in [1.82, 2.24) is 4.98 Å². The molecule has 18 heavy (non-hydrogen) atoms. The molecule has 1 saturated carbocycles. The molecule has 98 valence electrons. The van der Waals surface area contributed by atoms with Crippen molar-refractivity contribution < 1.29 is 9.90 Å². The summed E-state index contributed by atoms with van der Waals surface area (Å²) in [6.45, 7) is 2.20. The minimum absolute atomic E-state index is 0.384. The van der Waals surface area contributed by atoms with E-state index >= 15 is 0 Å². The first-order chi connectivity index (χ1) is 8.65. The van der Waals surface area contributed by atoms with Crippen molar-refractivity contribution in [2.24, 2.45) is 5.92 Å². The van der Waals surface area contributed by atoms with Gasteiger partial charge >= 0.3 is 5.97 Å². The molecule has 0 radical (unpaired) electrons. The van der Waals surface area contributed by atoms with Crippen LogP contribution in [0.2, 0.25) is 0 Å². The van der Waals surface area contributed by atoms with Gasteiger partial charge < -0.3 is 10.4 Å². The van der Waals surface area contributed by atoms with Crippen LogP contribution < -0.4 is 5.32 Å². The van der Waals surface area contributed by atoms with Crippen LogP contribution in [0, 0.1) is 5.92 Å². The highest BCUT2D eigenvalue weighted by molar-refractivity contribution is 7.15. The highest BCUT2D eigenvalue weighted by Gasteiger charge is 2.33. The third-order valence-corrected chi connectivity index (χ3v) is 5.29. The second-order valence-electron chi connectivity index (χ2n) is 5.38. The molecule has 2 unspecified atom stereocenters. The number of carbonyl (C=O) groups is 1. The van der Waals surface area contributed by atoms with Gasteiger partial charge in [-0.3, -0.25) is 4.79 Å². The van der Waals surface area contributed by atoms with Crippen LogP contribution in [0.4, 0.5) is 5.13 Å². The number of hydrogen-bond acceptors (Lipinski definition) is 4. The van der Waals surface area contributed by atoms with Gasteiger partial charge in [0.05, 0.1) is 5.69 Å². The molecular weight excluding hydrogens is 248 g/mol. The number of thiazole rings is 1. The molecule has 5 heteroatoms. The third-order valence-electron chi connectivity index (χ3n) is 4.22. The van der Waals surface area contributed by atoms with Gasteiger partial charge in [0.1, 0.15) is 5.92 Å². The molecule has 0 saturated heterocycles. The quantitative estimate of drug-likeness (QED) is 0.879. The molecule has 0 aromatic carbocycles. The van der Waals surface area contributed by atoms with Crippen LogP contribution in [0.1, 0.15) is 49.1 Å². The Balaban J connectivity index is 1.71. The minimum atomic E-state index is -0.738. The molecule has 1 heterocycles. The second-order valence-corrected chi connectivity index (χ2v) is 6.46. The highest BCUT2D eigenvalue weighted by Crippen LogP contribution is 2.39. The van der Waals surface area contributed by atoms with E-state index in [2.05, 4.69) is 17.2 Å². The second kappa shape index (κ2) is 4.53. The lowest BCUT2D eigenvalue weighted by Crippen LogP contribution is -2.30. The molecule has 4 nitrogen and oxygen atoms in total. The smallest absolute Gasteiger partial charge is 0.312 e. The van der Waals surface area contributed by atoms with Crippen LogP contribution in [0.25, 0.3) is 0 Å². The highest BCUT2D eigenvalue weighted by atomic mass is 32.1. The number of aryl methyl sites for hydroxylation is 1. The van der Waals surface area contributed by atoms with Crippen LogP contribution in [0.15, 0.2) is 0 Å². The number of fused-ring (bicyclic) bond motifs is 1. The number of hydrogen-bond donors (Lipinski definition) is 2. The van der Waals surface area contributed by atoms with Crippen molar-refractivity contribution >= 4 is 22.4 Å². The van der Waals surface area contributed by atoms with E-state index in [1.54, 1.807) is 11.3 Å². The normalized spacial score (nSPS) is 24.4. The number of anilines is 1. The van der Waals surface area contributed by atoms with E-state index in [-0.39, 0.29) is 5.92 Å². The first kappa shape index (κ1) is 12.0. The van der Waals surface area contributed by atoms with Crippen LogP contribution >= 0.6 is 11.3 Å². The van der Waals surface area contributed by atoms with Gasteiger partial charge in [-0.2, -0.15) is 0 Å². The van der Waals surface area contributed by atoms with E-state index in [4.69, 9.17) is 5.11 Å². The summed E-state index contributed by atoms with van der Waals surface area (Å²) in [5, 5.41) is 13.5. The lowest BCUT2D eigenvalue weighted by molar-refractivity contribution is -0.138. The first-order valence-corrected chi connectivity index (χ1v) is 7.45. The zero-order valence-corrected chi connectivity index (χ0v) is 11.3. The number of carboxylic acid groups (broad SMARTS) is 1. The average Bonchev–Trinajstić information content (AvgIpc) is 2.72. The topological polar surface area (TPSA) is 62.2 Å². The average molecular weight is 266 g/mol. The van der Waals surface area contributed by atoms with Crippen LogP contribution in [0.5, 0.6) is 0 Å². The molecule has 0 amide bonds. The molecule has 2 aliphatic rings. The molecule has 1 aromatic rings. The van der Waals surface area contributed by atoms with Gasteiger partial charge in [-0.05, 0) is 38.5 Å².